The van der Waals surface area contributed by atoms with Crippen molar-refractivity contribution in [3.63, 3.8) is 0 Å². The number of amides is 1. The van der Waals surface area contributed by atoms with Crippen molar-refractivity contribution in [3.05, 3.63) is 35.4 Å². The van der Waals surface area contributed by atoms with Gasteiger partial charge in [0.05, 0.1) is 6.42 Å². The molecular formula is C12H14ClF2NO. The Morgan fingerprint density at radius 1 is 1.41 bits per heavy atom. The topological polar surface area (TPSA) is 29.1 Å². The molecule has 0 aliphatic carbocycles. The van der Waals surface area contributed by atoms with Gasteiger partial charge in [-0.3, -0.25) is 4.79 Å². The molecule has 1 aromatic carbocycles. The monoisotopic (exact) mass is 261 g/mol. The summed E-state index contributed by atoms with van der Waals surface area (Å²) >= 11 is 5.65. The van der Waals surface area contributed by atoms with E-state index in [4.69, 9.17) is 11.6 Å². The van der Waals surface area contributed by atoms with E-state index in [1.54, 1.807) is 13.8 Å². The molecule has 2 nitrogen and oxygen atoms in total. The number of alkyl halides is 1. The summed E-state index contributed by atoms with van der Waals surface area (Å²) in [6.07, 6.45) is -0.204. The van der Waals surface area contributed by atoms with E-state index in [1.165, 1.54) is 12.1 Å². The molecule has 1 rings (SSSR count). The van der Waals surface area contributed by atoms with Crippen molar-refractivity contribution >= 4 is 17.5 Å². The van der Waals surface area contributed by atoms with E-state index in [0.29, 0.717) is 0 Å². The van der Waals surface area contributed by atoms with Gasteiger partial charge >= 0.3 is 0 Å². The van der Waals surface area contributed by atoms with Gasteiger partial charge < -0.3 is 5.32 Å². The summed E-state index contributed by atoms with van der Waals surface area (Å²) in [6.45, 7) is 3.50. The normalized spacial score (nSPS) is 11.4. The summed E-state index contributed by atoms with van der Waals surface area (Å²) in [5.41, 5.74) is -0.532. The zero-order chi connectivity index (χ0) is 13.1. The third-order valence-electron chi connectivity index (χ3n) is 2.19. The summed E-state index contributed by atoms with van der Waals surface area (Å²) in [4.78, 5) is 11.6. The number of carbonyl (C=O) groups is 1. The van der Waals surface area contributed by atoms with Crippen molar-refractivity contribution in [1.29, 1.82) is 0 Å². The molecule has 0 bridgehead atoms. The number of nitrogens with one attached hydrogen (secondary N) is 1. The van der Waals surface area contributed by atoms with Crippen LogP contribution in [-0.4, -0.2) is 17.3 Å². The Morgan fingerprint density at radius 3 is 2.65 bits per heavy atom. The van der Waals surface area contributed by atoms with Gasteiger partial charge in [0.1, 0.15) is 0 Å². The van der Waals surface area contributed by atoms with Gasteiger partial charge in [-0.2, -0.15) is 0 Å². The lowest BCUT2D eigenvalue weighted by atomic mass is 10.1. The molecule has 1 aromatic rings. The van der Waals surface area contributed by atoms with E-state index in [-0.39, 0.29) is 23.8 Å². The SMILES string of the molecule is CC(C)(CCl)NC(=O)Cc1cccc(F)c1F. The first-order valence-electron chi connectivity index (χ1n) is 5.15. The first-order chi connectivity index (χ1) is 7.85. The summed E-state index contributed by atoms with van der Waals surface area (Å²) in [5, 5.41) is 2.64. The maximum Gasteiger partial charge on any atom is 0.224 e. The van der Waals surface area contributed by atoms with Crippen molar-refractivity contribution in [2.45, 2.75) is 25.8 Å². The number of halogens is 3. The van der Waals surface area contributed by atoms with Gasteiger partial charge in [-0.1, -0.05) is 12.1 Å². The molecule has 0 spiro atoms. The molecule has 1 amide bonds. The highest BCUT2D eigenvalue weighted by Gasteiger charge is 2.20. The van der Waals surface area contributed by atoms with Crippen LogP contribution in [0.1, 0.15) is 19.4 Å². The first-order valence-corrected chi connectivity index (χ1v) is 5.69. The third-order valence-corrected chi connectivity index (χ3v) is 2.86. The second kappa shape index (κ2) is 5.45. The molecule has 0 atom stereocenters. The van der Waals surface area contributed by atoms with Crippen LogP contribution in [0, 0.1) is 11.6 Å². The van der Waals surface area contributed by atoms with E-state index in [9.17, 15) is 13.6 Å². The second-order valence-electron chi connectivity index (χ2n) is 4.46. The number of hydrogen-bond acceptors (Lipinski definition) is 1. The average Bonchev–Trinajstić information content (AvgIpc) is 2.24. The Morgan fingerprint density at radius 2 is 2.06 bits per heavy atom. The fourth-order valence-corrected chi connectivity index (χ4v) is 1.38. The lowest BCUT2D eigenvalue weighted by Crippen LogP contribution is -2.45. The van der Waals surface area contributed by atoms with Gasteiger partial charge in [0.2, 0.25) is 5.91 Å². The molecule has 0 radical (unpaired) electrons. The molecule has 5 heteroatoms. The number of carbonyl (C=O) groups excluding carboxylic acids is 1. The third kappa shape index (κ3) is 3.97. The van der Waals surface area contributed by atoms with Gasteiger partial charge in [-0.15, -0.1) is 11.6 Å². The standard InChI is InChI=1S/C12H14ClF2NO/c1-12(2,7-13)16-10(17)6-8-4-3-5-9(14)11(8)15/h3-5H,6-7H2,1-2H3,(H,16,17). The van der Waals surface area contributed by atoms with Crippen LogP contribution < -0.4 is 5.32 Å². The van der Waals surface area contributed by atoms with Gasteiger partial charge in [-0.25, -0.2) is 8.78 Å². The molecule has 17 heavy (non-hydrogen) atoms. The quantitative estimate of drug-likeness (QED) is 0.830. The summed E-state index contributed by atoms with van der Waals surface area (Å²) in [5.74, 6) is -2.08. The molecule has 0 aliphatic heterocycles. The van der Waals surface area contributed by atoms with Crippen molar-refractivity contribution in [1.82, 2.24) is 5.32 Å². The van der Waals surface area contributed by atoms with Crippen LogP contribution in [0.3, 0.4) is 0 Å². The van der Waals surface area contributed by atoms with E-state index in [0.717, 1.165) is 6.07 Å². The Balaban J connectivity index is 2.72. The van der Waals surface area contributed by atoms with Crippen molar-refractivity contribution in [2.24, 2.45) is 0 Å². The predicted molar refractivity (Wildman–Crippen MR) is 63.0 cm³/mol. The number of rotatable bonds is 4. The smallest absolute Gasteiger partial charge is 0.224 e. The first kappa shape index (κ1) is 13.9. The maximum absolute atomic E-state index is 13.3. The minimum Gasteiger partial charge on any atom is -0.350 e. The zero-order valence-corrected chi connectivity index (χ0v) is 10.4. The summed E-state index contributed by atoms with van der Waals surface area (Å²) in [6, 6.07) is 3.76. The zero-order valence-electron chi connectivity index (χ0n) is 9.69. The maximum atomic E-state index is 13.3. The van der Waals surface area contributed by atoms with Crippen LogP contribution >= 0.6 is 11.6 Å². The van der Waals surface area contributed by atoms with Crippen molar-refractivity contribution < 1.29 is 13.6 Å². The van der Waals surface area contributed by atoms with Crippen LogP contribution in [0.25, 0.3) is 0 Å². The van der Waals surface area contributed by atoms with Crippen LogP contribution in [0.2, 0.25) is 0 Å². The van der Waals surface area contributed by atoms with Crippen LogP contribution in [0.4, 0.5) is 8.78 Å². The number of benzene rings is 1. The molecule has 94 valence electrons. The van der Waals surface area contributed by atoms with Crippen molar-refractivity contribution in [2.75, 3.05) is 5.88 Å². The summed E-state index contributed by atoms with van der Waals surface area (Å²) in [7, 11) is 0. The molecule has 1 N–H and O–H groups in total. The minimum atomic E-state index is -0.980. The highest BCUT2D eigenvalue weighted by molar-refractivity contribution is 6.18. The Hall–Kier alpha value is -1.16. The fraction of sp³-hybridized carbons (Fsp3) is 0.417. The van der Waals surface area contributed by atoms with Crippen LogP contribution in [0.15, 0.2) is 18.2 Å². The molecule has 0 fully saturated rings. The van der Waals surface area contributed by atoms with E-state index in [2.05, 4.69) is 5.32 Å². The minimum absolute atomic E-state index is 0.0351. The van der Waals surface area contributed by atoms with Gasteiger partial charge in [0, 0.05) is 17.0 Å². The van der Waals surface area contributed by atoms with Crippen LogP contribution in [-0.2, 0) is 11.2 Å². The summed E-state index contributed by atoms with van der Waals surface area (Å²) < 4.78 is 26.2. The molecule has 0 saturated carbocycles. The molecular weight excluding hydrogens is 248 g/mol. The molecule has 0 aliphatic rings. The van der Waals surface area contributed by atoms with Gasteiger partial charge in [0.15, 0.2) is 11.6 Å². The molecule has 0 heterocycles. The van der Waals surface area contributed by atoms with Crippen LogP contribution in [0.5, 0.6) is 0 Å². The lowest BCUT2D eigenvalue weighted by Gasteiger charge is -2.23. The average molecular weight is 262 g/mol. The van der Waals surface area contributed by atoms with E-state index < -0.39 is 17.2 Å². The van der Waals surface area contributed by atoms with Gasteiger partial charge in [-0.05, 0) is 19.9 Å². The predicted octanol–water partition coefficient (Wildman–Crippen LogP) is 2.64. The molecule has 0 saturated heterocycles. The largest absolute Gasteiger partial charge is 0.350 e. The van der Waals surface area contributed by atoms with E-state index >= 15 is 0 Å². The highest BCUT2D eigenvalue weighted by Crippen LogP contribution is 2.12. The van der Waals surface area contributed by atoms with Crippen molar-refractivity contribution in [3.8, 4) is 0 Å². The number of hydrogen-bond donors (Lipinski definition) is 1. The fourth-order valence-electron chi connectivity index (χ4n) is 1.31. The Kier molecular flexibility index (Phi) is 4.46. The van der Waals surface area contributed by atoms with E-state index in [1.807, 2.05) is 0 Å². The molecule has 0 unspecified atom stereocenters. The highest BCUT2D eigenvalue weighted by atomic mass is 35.5. The lowest BCUT2D eigenvalue weighted by molar-refractivity contribution is -0.121. The second-order valence-corrected chi connectivity index (χ2v) is 4.72. The van der Waals surface area contributed by atoms with Gasteiger partial charge in [0.25, 0.3) is 0 Å². The molecule has 0 aromatic heterocycles. The Labute approximate surface area is 104 Å². The Bertz CT molecular complexity index is 421.